The predicted octanol–water partition coefficient (Wildman–Crippen LogP) is 4.41. The smallest absolute Gasteiger partial charge is 0.410 e. The largest absolute Gasteiger partial charge is 0.444 e. The van der Waals surface area contributed by atoms with Crippen LogP contribution in [0, 0.1) is 0 Å². The number of carbonyl (C=O) groups is 1. The van der Waals surface area contributed by atoms with Crippen molar-refractivity contribution in [1.82, 2.24) is 4.90 Å². The number of rotatable bonds is 0. The van der Waals surface area contributed by atoms with E-state index in [-0.39, 0.29) is 6.09 Å². The van der Waals surface area contributed by atoms with Crippen molar-refractivity contribution in [2.45, 2.75) is 45.6 Å². The lowest BCUT2D eigenvalue weighted by atomic mass is 10.0. The highest BCUT2D eigenvalue weighted by molar-refractivity contribution is 9.11. The van der Waals surface area contributed by atoms with Gasteiger partial charge in [0.2, 0.25) is 0 Å². The highest BCUT2D eigenvalue weighted by Crippen LogP contribution is 2.35. The Labute approximate surface area is 127 Å². The van der Waals surface area contributed by atoms with E-state index >= 15 is 0 Å². The molecule has 0 fully saturated rings. The molecule has 0 N–H and O–H groups in total. The highest BCUT2D eigenvalue weighted by atomic mass is 79.9. The fourth-order valence-corrected chi connectivity index (χ4v) is 4.10. The van der Waals surface area contributed by atoms with E-state index in [2.05, 4.69) is 28.9 Å². The van der Waals surface area contributed by atoms with E-state index in [0.717, 1.165) is 19.5 Å². The molecule has 3 nitrogen and oxygen atoms in total. The summed E-state index contributed by atoms with van der Waals surface area (Å²) in [5.41, 5.74) is 0.934. The van der Waals surface area contributed by atoms with Gasteiger partial charge in [-0.1, -0.05) is 6.92 Å². The maximum Gasteiger partial charge on any atom is 0.410 e. The summed E-state index contributed by atoms with van der Waals surface area (Å²) in [5.74, 6) is 0.354. The van der Waals surface area contributed by atoms with Gasteiger partial charge in [0.1, 0.15) is 5.60 Å². The molecule has 2 rings (SSSR count). The number of nitrogens with zero attached hydrogens (tertiary/aromatic N) is 1. The Morgan fingerprint density at radius 2 is 2.21 bits per heavy atom. The molecule has 1 unspecified atom stereocenters. The molecular weight excluding hydrogens is 326 g/mol. The van der Waals surface area contributed by atoms with Crippen molar-refractivity contribution in [1.29, 1.82) is 0 Å². The van der Waals surface area contributed by atoms with E-state index in [0.29, 0.717) is 5.92 Å². The van der Waals surface area contributed by atoms with Crippen molar-refractivity contribution >= 4 is 33.4 Å². The van der Waals surface area contributed by atoms with E-state index in [1.165, 1.54) is 14.2 Å². The van der Waals surface area contributed by atoms with Crippen LogP contribution in [0.5, 0.6) is 0 Å². The summed E-state index contributed by atoms with van der Waals surface area (Å²) in [6.07, 6.45) is 0.711. The first-order valence-corrected chi connectivity index (χ1v) is 8.13. The van der Waals surface area contributed by atoms with Crippen molar-refractivity contribution in [3.05, 3.63) is 20.3 Å². The summed E-state index contributed by atoms with van der Waals surface area (Å²) in [6, 6.07) is 2.18. The van der Waals surface area contributed by atoms with Crippen LogP contribution in [0.2, 0.25) is 0 Å². The zero-order chi connectivity index (χ0) is 14.2. The molecule has 0 aromatic carbocycles. The second kappa shape index (κ2) is 5.44. The maximum atomic E-state index is 12.1. The number of carbonyl (C=O) groups excluding carboxylic acids is 1. The lowest BCUT2D eigenvalue weighted by Crippen LogP contribution is -2.38. The molecule has 1 aromatic heterocycles. The van der Waals surface area contributed by atoms with Gasteiger partial charge < -0.3 is 9.64 Å². The Bertz CT molecular complexity index is 478. The third-order valence-electron chi connectivity index (χ3n) is 3.10. The number of hydrogen-bond acceptors (Lipinski definition) is 3. The molecule has 1 atom stereocenters. The molecule has 0 spiro atoms. The molecule has 0 aliphatic carbocycles. The zero-order valence-corrected chi connectivity index (χ0v) is 14.2. The van der Waals surface area contributed by atoms with Gasteiger partial charge >= 0.3 is 6.09 Å². The van der Waals surface area contributed by atoms with Gasteiger partial charge in [0.05, 0.1) is 3.79 Å². The molecule has 2 heterocycles. The first-order valence-electron chi connectivity index (χ1n) is 6.52. The topological polar surface area (TPSA) is 29.5 Å². The third kappa shape index (κ3) is 3.72. The zero-order valence-electron chi connectivity index (χ0n) is 11.8. The molecule has 106 valence electrons. The summed E-state index contributed by atoms with van der Waals surface area (Å²) in [5, 5.41) is 0. The van der Waals surface area contributed by atoms with Gasteiger partial charge in [-0.2, -0.15) is 0 Å². The lowest BCUT2D eigenvalue weighted by molar-refractivity contribution is 0.0248. The third-order valence-corrected chi connectivity index (χ3v) is 4.81. The van der Waals surface area contributed by atoms with Crippen LogP contribution in [0.15, 0.2) is 9.85 Å². The Morgan fingerprint density at radius 1 is 1.53 bits per heavy atom. The van der Waals surface area contributed by atoms with Crippen LogP contribution in [0.25, 0.3) is 0 Å². The number of amides is 1. The average molecular weight is 346 g/mol. The van der Waals surface area contributed by atoms with Gasteiger partial charge in [-0.05, 0) is 60.7 Å². The Kier molecular flexibility index (Phi) is 4.26. The monoisotopic (exact) mass is 345 g/mol. The van der Waals surface area contributed by atoms with Crippen molar-refractivity contribution < 1.29 is 9.53 Å². The van der Waals surface area contributed by atoms with Gasteiger partial charge in [-0.15, -0.1) is 11.3 Å². The molecule has 1 amide bonds. The quantitative estimate of drug-likeness (QED) is 0.697. The Balaban J connectivity index is 2.09. The van der Waals surface area contributed by atoms with E-state index in [4.69, 9.17) is 4.74 Å². The van der Waals surface area contributed by atoms with Crippen LogP contribution in [0.1, 0.15) is 44.1 Å². The van der Waals surface area contributed by atoms with E-state index in [1.54, 1.807) is 11.3 Å². The van der Waals surface area contributed by atoms with E-state index in [9.17, 15) is 4.79 Å². The van der Waals surface area contributed by atoms with E-state index < -0.39 is 5.60 Å². The normalized spacial score (nSPS) is 19.8. The Morgan fingerprint density at radius 3 is 2.84 bits per heavy atom. The number of fused-ring (bicyclic) bond motifs is 1. The molecule has 1 aliphatic heterocycles. The van der Waals surface area contributed by atoms with Crippen LogP contribution in [-0.4, -0.2) is 29.7 Å². The van der Waals surface area contributed by atoms with Gasteiger partial charge in [0.25, 0.3) is 0 Å². The van der Waals surface area contributed by atoms with Gasteiger partial charge in [0.15, 0.2) is 0 Å². The molecule has 19 heavy (non-hydrogen) atoms. The minimum absolute atomic E-state index is 0.200. The molecule has 1 aliphatic rings. The SMILES string of the molecule is CC1CN(C(=O)OC(C)(C)C)CCc2sc(Br)cc21. The van der Waals surface area contributed by atoms with Gasteiger partial charge in [-0.3, -0.25) is 0 Å². The molecule has 1 aromatic rings. The molecule has 0 radical (unpaired) electrons. The van der Waals surface area contributed by atoms with Crippen molar-refractivity contribution in [2.24, 2.45) is 0 Å². The molecule has 0 saturated heterocycles. The van der Waals surface area contributed by atoms with Crippen LogP contribution in [0.3, 0.4) is 0 Å². The van der Waals surface area contributed by atoms with Crippen molar-refractivity contribution in [2.75, 3.05) is 13.1 Å². The van der Waals surface area contributed by atoms with Crippen molar-refractivity contribution in [3.8, 4) is 0 Å². The number of thiophene rings is 1. The molecule has 0 bridgehead atoms. The van der Waals surface area contributed by atoms with Gasteiger partial charge in [-0.25, -0.2) is 4.79 Å². The predicted molar refractivity (Wildman–Crippen MR) is 81.9 cm³/mol. The summed E-state index contributed by atoms with van der Waals surface area (Å²) in [6.45, 7) is 9.34. The average Bonchev–Trinajstić information content (AvgIpc) is 2.56. The second-order valence-corrected chi connectivity index (χ2v) is 8.52. The van der Waals surface area contributed by atoms with Crippen molar-refractivity contribution in [3.63, 3.8) is 0 Å². The van der Waals surface area contributed by atoms with Crippen LogP contribution in [0.4, 0.5) is 4.79 Å². The summed E-state index contributed by atoms with van der Waals surface area (Å²) >= 11 is 5.31. The number of hydrogen-bond donors (Lipinski definition) is 0. The van der Waals surface area contributed by atoms with Crippen LogP contribution >= 0.6 is 27.3 Å². The fourth-order valence-electron chi connectivity index (χ4n) is 2.27. The minimum atomic E-state index is -0.430. The summed E-state index contributed by atoms with van der Waals surface area (Å²) < 4.78 is 6.64. The van der Waals surface area contributed by atoms with Crippen LogP contribution in [-0.2, 0) is 11.2 Å². The first-order chi connectivity index (χ1) is 8.76. The standard InChI is InChI=1S/C14H20BrNO2S/c1-9-8-16(13(17)18-14(2,3)4)6-5-11-10(9)7-12(15)19-11/h7,9H,5-6,8H2,1-4H3. The highest BCUT2D eigenvalue weighted by Gasteiger charge is 2.28. The molecule has 5 heteroatoms. The maximum absolute atomic E-state index is 12.1. The Hall–Kier alpha value is -0.550. The lowest BCUT2D eigenvalue weighted by Gasteiger charge is -2.27. The van der Waals surface area contributed by atoms with Crippen LogP contribution < -0.4 is 0 Å². The minimum Gasteiger partial charge on any atom is -0.444 e. The number of halogens is 1. The second-order valence-electron chi connectivity index (χ2n) is 6.01. The number of ether oxygens (including phenoxy) is 1. The van der Waals surface area contributed by atoms with E-state index in [1.807, 2.05) is 25.7 Å². The van der Waals surface area contributed by atoms with Gasteiger partial charge in [0, 0.05) is 18.0 Å². The molecule has 0 saturated carbocycles. The first kappa shape index (κ1) is 14.9. The fraction of sp³-hybridized carbons (Fsp3) is 0.643. The molecular formula is C14H20BrNO2S. The summed E-state index contributed by atoms with van der Waals surface area (Å²) in [7, 11) is 0. The summed E-state index contributed by atoms with van der Waals surface area (Å²) in [4.78, 5) is 15.4.